The van der Waals surface area contributed by atoms with E-state index in [9.17, 15) is 4.79 Å². The normalized spacial score (nSPS) is 11.0. The molecule has 4 rings (SSSR count). The van der Waals surface area contributed by atoms with Gasteiger partial charge in [0.15, 0.2) is 11.0 Å². The fourth-order valence-electron chi connectivity index (χ4n) is 2.73. The second-order valence-corrected chi connectivity index (χ2v) is 8.99. The van der Waals surface area contributed by atoms with E-state index >= 15 is 0 Å². The number of halogens is 1. The van der Waals surface area contributed by atoms with E-state index in [4.69, 9.17) is 4.42 Å². The number of rotatable bonds is 7. The molecule has 9 heteroatoms. The van der Waals surface area contributed by atoms with Gasteiger partial charge in [0, 0.05) is 10.2 Å². The van der Waals surface area contributed by atoms with E-state index in [1.165, 1.54) is 11.8 Å². The van der Waals surface area contributed by atoms with E-state index < -0.39 is 0 Å². The Hall–Kier alpha value is -2.36. The Kier molecular flexibility index (Phi) is 6.17. The summed E-state index contributed by atoms with van der Waals surface area (Å²) in [5.74, 6) is 1.71. The highest BCUT2D eigenvalue weighted by atomic mass is 79.9. The minimum absolute atomic E-state index is 0.0954. The summed E-state index contributed by atoms with van der Waals surface area (Å²) >= 11 is 6.42. The topological polar surface area (TPSA) is 73.0 Å². The molecule has 0 radical (unpaired) electrons. The van der Waals surface area contributed by atoms with E-state index in [1.54, 1.807) is 17.6 Å². The fourth-order valence-corrected chi connectivity index (χ4v) is 4.44. The summed E-state index contributed by atoms with van der Waals surface area (Å²) in [4.78, 5) is 13.4. The van der Waals surface area contributed by atoms with Crippen LogP contribution < -0.4 is 5.32 Å². The molecule has 0 atom stereocenters. The largest absolute Gasteiger partial charge is 0.467 e. The monoisotopic (exact) mass is 488 g/mol. The van der Waals surface area contributed by atoms with Crippen LogP contribution in [-0.4, -0.2) is 26.4 Å². The lowest BCUT2D eigenvalue weighted by Gasteiger charge is -2.09. The van der Waals surface area contributed by atoms with Gasteiger partial charge >= 0.3 is 0 Å². The summed E-state index contributed by atoms with van der Waals surface area (Å²) in [6, 6.07) is 13.5. The molecule has 0 aliphatic heterocycles. The first-order chi connectivity index (χ1) is 14.1. The number of carbonyl (C=O) groups excluding carboxylic acids is 1. The minimum Gasteiger partial charge on any atom is -0.467 e. The number of aryl methyl sites for hydroxylation is 1. The molecule has 1 amide bonds. The van der Waals surface area contributed by atoms with Crippen molar-refractivity contribution in [2.24, 2.45) is 0 Å². The van der Waals surface area contributed by atoms with Crippen LogP contribution in [0, 0.1) is 6.92 Å². The molecule has 3 heterocycles. The van der Waals surface area contributed by atoms with Gasteiger partial charge in [-0.2, -0.15) is 0 Å². The lowest BCUT2D eigenvalue weighted by molar-refractivity contribution is -0.113. The van der Waals surface area contributed by atoms with Gasteiger partial charge in [0.1, 0.15) is 5.76 Å². The molecule has 0 spiro atoms. The number of hydrogen-bond acceptors (Lipinski definition) is 6. The maximum absolute atomic E-state index is 12.4. The fraction of sp³-hybridized carbons (Fsp3) is 0.150. The number of nitrogens with one attached hydrogen (secondary N) is 1. The summed E-state index contributed by atoms with van der Waals surface area (Å²) < 4.78 is 8.48. The molecule has 6 nitrogen and oxygen atoms in total. The van der Waals surface area contributed by atoms with Crippen molar-refractivity contribution in [2.75, 3.05) is 11.1 Å². The van der Waals surface area contributed by atoms with Crippen LogP contribution in [0.25, 0.3) is 10.7 Å². The molecule has 1 aromatic carbocycles. The SMILES string of the molecule is Cc1cc(NC(=O)CSc2nnc(-c3cccs3)n2Cc2ccco2)ccc1Br. The zero-order valence-corrected chi connectivity index (χ0v) is 18.7. The van der Waals surface area contributed by atoms with Crippen molar-refractivity contribution in [3.63, 3.8) is 0 Å². The number of amides is 1. The van der Waals surface area contributed by atoms with Gasteiger partial charge in [0.25, 0.3) is 0 Å². The van der Waals surface area contributed by atoms with Gasteiger partial charge in [-0.1, -0.05) is 33.8 Å². The Morgan fingerprint density at radius 1 is 1.28 bits per heavy atom. The lowest BCUT2D eigenvalue weighted by atomic mass is 10.2. The van der Waals surface area contributed by atoms with Crippen LogP contribution in [0.5, 0.6) is 0 Å². The second-order valence-electron chi connectivity index (χ2n) is 6.25. The number of furan rings is 1. The summed E-state index contributed by atoms with van der Waals surface area (Å²) in [6.45, 7) is 2.49. The first-order valence-corrected chi connectivity index (χ1v) is 11.4. The average Bonchev–Trinajstić information content (AvgIpc) is 3.45. The molecular formula is C20H17BrN4O2S2. The van der Waals surface area contributed by atoms with Crippen molar-refractivity contribution >= 4 is 50.6 Å². The van der Waals surface area contributed by atoms with Gasteiger partial charge in [0.05, 0.1) is 23.4 Å². The predicted molar refractivity (Wildman–Crippen MR) is 119 cm³/mol. The second kappa shape index (κ2) is 8.98. The molecule has 148 valence electrons. The minimum atomic E-state index is -0.0954. The van der Waals surface area contributed by atoms with Gasteiger partial charge in [-0.25, -0.2) is 0 Å². The molecular weight excluding hydrogens is 472 g/mol. The molecule has 0 aliphatic rings. The Bertz CT molecular complexity index is 1110. The van der Waals surface area contributed by atoms with E-state index in [0.29, 0.717) is 11.7 Å². The third-order valence-electron chi connectivity index (χ3n) is 4.13. The summed E-state index contributed by atoms with van der Waals surface area (Å²) in [5, 5.41) is 14.3. The average molecular weight is 489 g/mol. The first-order valence-electron chi connectivity index (χ1n) is 8.78. The Morgan fingerprint density at radius 2 is 2.17 bits per heavy atom. The molecule has 0 unspecified atom stereocenters. The van der Waals surface area contributed by atoms with Crippen LogP contribution in [0.4, 0.5) is 5.69 Å². The molecule has 0 saturated carbocycles. The highest BCUT2D eigenvalue weighted by Crippen LogP contribution is 2.28. The number of anilines is 1. The van der Waals surface area contributed by atoms with Crippen molar-refractivity contribution in [2.45, 2.75) is 18.6 Å². The Labute approximate surface area is 184 Å². The molecule has 3 aromatic heterocycles. The predicted octanol–water partition coefficient (Wildman–Crippen LogP) is 5.45. The van der Waals surface area contributed by atoms with Gasteiger partial charge < -0.3 is 9.73 Å². The number of thioether (sulfide) groups is 1. The third kappa shape index (κ3) is 4.80. The molecule has 1 N–H and O–H groups in total. The van der Waals surface area contributed by atoms with E-state index in [0.717, 1.165) is 32.2 Å². The molecule has 0 fully saturated rings. The van der Waals surface area contributed by atoms with Crippen LogP contribution in [0.3, 0.4) is 0 Å². The zero-order valence-electron chi connectivity index (χ0n) is 15.5. The Balaban J connectivity index is 1.49. The molecule has 0 bridgehead atoms. The molecule has 0 aliphatic carbocycles. The molecule has 29 heavy (non-hydrogen) atoms. The third-order valence-corrected chi connectivity index (χ3v) is 6.85. The maximum atomic E-state index is 12.4. The van der Waals surface area contributed by atoms with Crippen molar-refractivity contribution in [3.05, 3.63) is 69.9 Å². The number of thiophene rings is 1. The van der Waals surface area contributed by atoms with E-state index in [-0.39, 0.29) is 11.7 Å². The highest BCUT2D eigenvalue weighted by molar-refractivity contribution is 9.10. The zero-order chi connectivity index (χ0) is 20.2. The number of carbonyl (C=O) groups is 1. The highest BCUT2D eigenvalue weighted by Gasteiger charge is 2.17. The van der Waals surface area contributed by atoms with Crippen LogP contribution in [0.2, 0.25) is 0 Å². The van der Waals surface area contributed by atoms with Crippen molar-refractivity contribution in [1.82, 2.24) is 14.8 Å². The van der Waals surface area contributed by atoms with Crippen LogP contribution in [-0.2, 0) is 11.3 Å². The summed E-state index contributed by atoms with van der Waals surface area (Å²) in [7, 11) is 0. The number of benzene rings is 1. The van der Waals surface area contributed by atoms with E-state index in [1.807, 2.05) is 59.3 Å². The summed E-state index contributed by atoms with van der Waals surface area (Å²) in [5.41, 5.74) is 1.84. The number of aromatic nitrogens is 3. The lowest BCUT2D eigenvalue weighted by Crippen LogP contribution is -2.15. The quantitative estimate of drug-likeness (QED) is 0.350. The number of hydrogen-bond donors (Lipinski definition) is 1. The smallest absolute Gasteiger partial charge is 0.234 e. The van der Waals surface area contributed by atoms with Crippen molar-refractivity contribution in [3.8, 4) is 10.7 Å². The Morgan fingerprint density at radius 3 is 2.90 bits per heavy atom. The molecule has 0 saturated heterocycles. The maximum Gasteiger partial charge on any atom is 0.234 e. The van der Waals surface area contributed by atoms with Crippen molar-refractivity contribution in [1.29, 1.82) is 0 Å². The van der Waals surface area contributed by atoms with Gasteiger partial charge in [-0.15, -0.1) is 21.5 Å². The van der Waals surface area contributed by atoms with Gasteiger partial charge in [0.2, 0.25) is 5.91 Å². The van der Waals surface area contributed by atoms with Gasteiger partial charge in [-0.3, -0.25) is 9.36 Å². The van der Waals surface area contributed by atoms with Gasteiger partial charge in [-0.05, 0) is 54.3 Å². The molecule has 4 aromatic rings. The van der Waals surface area contributed by atoms with Crippen LogP contribution in [0.1, 0.15) is 11.3 Å². The van der Waals surface area contributed by atoms with E-state index in [2.05, 4.69) is 31.4 Å². The number of nitrogens with zero attached hydrogens (tertiary/aromatic N) is 3. The van der Waals surface area contributed by atoms with Crippen molar-refractivity contribution < 1.29 is 9.21 Å². The van der Waals surface area contributed by atoms with Crippen LogP contribution >= 0.6 is 39.0 Å². The van der Waals surface area contributed by atoms with Crippen LogP contribution in [0.15, 0.2) is 68.2 Å². The first kappa shape index (κ1) is 19.9. The standard InChI is InChI=1S/C20H17BrN4O2S2/c1-13-10-14(6-7-16(13)21)22-18(26)12-29-20-24-23-19(17-5-3-9-28-17)25(20)11-15-4-2-8-27-15/h2-10H,11-12H2,1H3,(H,22,26). The summed E-state index contributed by atoms with van der Waals surface area (Å²) in [6.07, 6.45) is 1.64.